The van der Waals surface area contributed by atoms with Crippen molar-refractivity contribution in [3.05, 3.63) is 66.1 Å². The highest BCUT2D eigenvalue weighted by molar-refractivity contribution is 6.00. The van der Waals surface area contributed by atoms with Crippen LogP contribution in [0.4, 0.5) is 5.82 Å². The summed E-state index contributed by atoms with van der Waals surface area (Å²) < 4.78 is 0. The van der Waals surface area contributed by atoms with Crippen LogP contribution in [0.25, 0.3) is 5.69 Å². The maximum absolute atomic E-state index is 12.1. The van der Waals surface area contributed by atoms with Crippen LogP contribution in [-0.4, -0.2) is 25.9 Å². The number of carbonyl (C=O) groups is 1. The van der Waals surface area contributed by atoms with Crippen LogP contribution < -0.4 is 10.6 Å². The van der Waals surface area contributed by atoms with Gasteiger partial charge in [-0.3, -0.25) is 4.79 Å². The van der Waals surface area contributed by atoms with Crippen LogP contribution in [0, 0.1) is 0 Å². The molecule has 1 unspecified atom stereocenters. The zero-order valence-electron chi connectivity index (χ0n) is 11.5. The molecule has 108 valence electrons. The molecule has 1 aliphatic rings. The lowest BCUT2D eigenvalue weighted by atomic mass is 10.2. The molecule has 4 rings (SSSR count). The van der Waals surface area contributed by atoms with E-state index in [9.17, 15) is 4.79 Å². The highest BCUT2D eigenvalue weighted by Gasteiger charge is 2.27. The molecule has 2 N–H and O–H groups in total. The first-order valence-electron chi connectivity index (χ1n) is 6.81. The van der Waals surface area contributed by atoms with Gasteiger partial charge < -0.3 is 10.6 Å². The van der Waals surface area contributed by atoms with E-state index in [1.54, 1.807) is 24.5 Å². The van der Waals surface area contributed by atoms with Gasteiger partial charge in [-0.1, -0.05) is 18.2 Å². The van der Waals surface area contributed by atoms with Crippen LogP contribution in [0.2, 0.25) is 0 Å². The van der Waals surface area contributed by atoms with E-state index in [-0.39, 0.29) is 5.91 Å². The average Bonchev–Trinajstić information content (AvgIpc) is 3.06. The minimum absolute atomic E-state index is 0.180. The van der Waals surface area contributed by atoms with Crippen LogP contribution in [0.1, 0.15) is 22.2 Å². The summed E-state index contributed by atoms with van der Waals surface area (Å²) in [7, 11) is 0. The van der Waals surface area contributed by atoms with E-state index >= 15 is 0 Å². The minimum atomic E-state index is -0.452. The Hall–Kier alpha value is -3.22. The molecule has 0 bridgehead atoms. The van der Waals surface area contributed by atoms with Crippen LogP contribution >= 0.6 is 0 Å². The van der Waals surface area contributed by atoms with Crippen molar-refractivity contribution in [3.8, 4) is 5.69 Å². The summed E-state index contributed by atoms with van der Waals surface area (Å²) in [4.78, 5) is 17.8. The quantitative estimate of drug-likeness (QED) is 0.748. The summed E-state index contributed by atoms with van der Waals surface area (Å²) in [5, 5.41) is 14.6. The van der Waals surface area contributed by atoms with Crippen molar-refractivity contribution in [2.45, 2.75) is 6.17 Å². The number of nitrogens with one attached hydrogen (secondary N) is 2. The predicted octanol–water partition coefficient (Wildman–Crippen LogP) is 1.52. The largest absolute Gasteiger partial charge is 0.344 e. The van der Waals surface area contributed by atoms with Gasteiger partial charge in [-0.05, 0) is 24.3 Å². The molecule has 2 aromatic heterocycles. The number of rotatable bonds is 2. The van der Waals surface area contributed by atoms with Gasteiger partial charge in [0.05, 0.1) is 17.4 Å². The number of para-hydroxylation sites is 1. The summed E-state index contributed by atoms with van der Waals surface area (Å²) in [6, 6.07) is 13.0. The van der Waals surface area contributed by atoms with Gasteiger partial charge in [-0.2, -0.15) is 9.90 Å². The Morgan fingerprint density at radius 3 is 2.77 bits per heavy atom. The fourth-order valence-corrected chi connectivity index (χ4v) is 2.33. The van der Waals surface area contributed by atoms with Crippen LogP contribution in [0.3, 0.4) is 0 Å². The average molecular weight is 292 g/mol. The Balaban J connectivity index is 1.64. The van der Waals surface area contributed by atoms with E-state index in [1.807, 2.05) is 30.3 Å². The predicted molar refractivity (Wildman–Crippen MR) is 79.4 cm³/mol. The van der Waals surface area contributed by atoms with Crippen LogP contribution in [0.5, 0.6) is 0 Å². The first kappa shape index (κ1) is 12.5. The van der Waals surface area contributed by atoms with Crippen molar-refractivity contribution >= 4 is 11.7 Å². The number of nitrogens with zero attached hydrogens (tertiary/aromatic N) is 4. The summed E-state index contributed by atoms with van der Waals surface area (Å²) in [5.74, 6) is 0.367. The molecule has 1 aliphatic heterocycles. The highest BCUT2D eigenvalue weighted by atomic mass is 16.2. The van der Waals surface area contributed by atoms with Gasteiger partial charge in [0.1, 0.15) is 17.7 Å². The number of carbonyl (C=O) groups excluding carboxylic acids is 1. The van der Waals surface area contributed by atoms with Crippen LogP contribution in [-0.2, 0) is 0 Å². The molecule has 0 radical (unpaired) electrons. The molecule has 0 spiro atoms. The number of amides is 1. The standard InChI is InChI=1S/C15H12N6O/c22-15-11-7-4-8-16-13(11)18-14(19-15)12-9-17-21(20-12)10-5-2-1-3-6-10/h1-9,14H,(H,16,18)(H,19,22). The molecular weight excluding hydrogens is 280 g/mol. The van der Waals surface area contributed by atoms with E-state index in [0.717, 1.165) is 5.69 Å². The van der Waals surface area contributed by atoms with Crippen LogP contribution in [0.15, 0.2) is 54.9 Å². The molecule has 1 amide bonds. The van der Waals surface area contributed by atoms with Gasteiger partial charge in [-0.15, -0.1) is 5.10 Å². The Kier molecular flexibility index (Phi) is 2.82. The van der Waals surface area contributed by atoms with Crippen molar-refractivity contribution in [3.63, 3.8) is 0 Å². The zero-order chi connectivity index (χ0) is 14.9. The van der Waals surface area contributed by atoms with E-state index in [2.05, 4.69) is 25.8 Å². The first-order chi connectivity index (χ1) is 10.8. The van der Waals surface area contributed by atoms with Crippen molar-refractivity contribution in [2.75, 3.05) is 5.32 Å². The number of aromatic nitrogens is 4. The summed E-state index contributed by atoms with van der Waals surface area (Å²) in [6.45, 7) is 0. The summed E-state index contributed by atoms with van der Waals surface area (Å²) in [5.41, 5.74) is 2.00. The third-order valence-corrected chi connectivity index (χ3v) is 3.40. The second-order valence-corrected chi connectivity index (χ2v) is 4.84. The van der Waals surface area contributed by atoms with E-state index in [4.69, 9.17) is 0 Å². The fourth-order valence-electron chi connectivity index (χ4n) is 2.33. The van der Waals surface area contributed by atoms with E-state index in [1.165, 1.54) is 4.80 Å². The Labute approximate surface area is 126 Å². The topological polar surface area (TPSA) is 84.7 Å². The molecule has 1 atom stereocenters. The van der Waals surface area contributed by atoms with E-state index in [0.29, 0.717) is 17.1 Å². The lowest BCUT2D eigenvalue weighted by molar-refractivity contribution is 0.0934. The second kappa shape index (κ2) is 4.96. The van der Waals surface area contributed by atoms with Crippen molar-refractivity contribution in [1.82, 2.24) is 25.3 Å². The highest BCUT2D eigenvalue weighted by Crippen LogP contribution is 2.23. The Morgan fingerprint density at radius 1 is 1.05 bits per heavy atom. The maximum atomic E-state index is 12.1. The number of anilines is 1. The molecule has 0 aliphatic carbocycles. The number of fused-ring (bicyclic) bond motifs is 1. The Morgan fingerprint density at radius 2 is 1.91 bits per heavy atom. The molecule has 3 aromatic rings. The van der Waals surface area contributed by atoms with Gasteiger partial charge in [0.2, 0.25) is 0 Å². The normalized spacial score (nSPS) is 16.5. The molecule has 7 nitrogen and oxygen atoms in total. The zero-order valence-corrected chi connectivity index (χ0v) is 11.5. The van der Waals surface area contributed by atoms with Crippen molar-refractivity contribution in [1.29, 1.82) is 0 Å². The lowest BCUT2D eigenvalue weighted by Gasteiger charge is -2.25. The first-order valence-corrected chi connectivity index (χ1v) is 6.81. The molecular formula is C15H12N6O. The smallest absolute Gasteiger partial charge is 0.256 e. The molecule has 1 aromatic carbocycles. The minimum Gasteiger partial charge on any atom is -0.344 e. The van der Waals surface area contributed by atoms with Crippen molar-refractivity contribution < 1.29 is 4.79 Å². The van der Waals surface area contributed by atoms with Gasteiger partial charge in [0.25, 0.3) is 5.91 Å². The van der Waals surface area contributed by atoms with Gasteiger partial charge >= 0.3 is 0 Å². The third-order valence-electron chi connectivity index (χ3n) is 3.40. The fraction of sp³-hybridized carbons (Fsp3) is 0.0667. The monoisotopic (exact) mass is 292 g/mol. The number of hydrogen-bond acceptors (Lipinski definition) is 5. The SMILES string of the molecule is O=C1NC(c2cnn(-c3ccccc3)n2)Nc2ncccc21. The molecule has 0 saturated heterocycles. The number of benzene rings is 1. The molecule has 0 fully saturated rings. The van der Waals surface area contributed by atoms with Crippen molar-refractivity contribution in [2.24, 2.45) is 0 Å². The summed E-state index contributed by atoms with van der Waals surface area (Å²) >= 11 is 0. The summed E-state index contributed by atoms with van der Waals surface area (Å²) in [6.07, 6.45) is 2.81. The Bertz CT molecular complexity index is 829. The molecule has 7 heteroatoms. The van der Waals surface area contributed by atoms with Gasteiger partial charge in [-0.25, -0.2) is 4.98 Å². The molecule has 0 saturated carbocycles. The maximum Gasteiger partial charge on any atom is 0.256 e. The molecule has 22 heavy (non-hydrogen) atoms. The third kappa shape index (κ3) is 2.08. The molecule has 3 heterocycles. The van der Waals surface area contributed by atoms with E-state index < -0.39 is 6.17 Å². The van der Waals surface area contributed by atoms with Gasteiger partial charge in [0, 0.05) is 6.20 Å². The lowest BCUT2D eigenvalue weighted by Crippen LogP contribution is -2.39. The van der Waals surface area contributed by atoms with Gasteiger partial charge in [0.15, 0.2) is 0 Å². The second-order valence-electron chi connectivity index (χ2n) is 4.84. The number of pyridine rings is 1. The number of hydrogen-bond donors (Lipinski definition) is 2.